The van der Waals surface area contributed by atoms with Crippen LogP contribution in [0.1, 0.15) is 28.3 Å². The van der Waals surface area contributed by atoms with Gasteiger partial charge in [0.05, 0.1) is 13.5 Å². The lowest BCUT2D eigenvalue weighted by Crippen LogP contribution is -2.17. The average molecular weight is 368 g/mol. The van der Waals surface area contributed by atoms with Crippen LogP contribution in [0.15, 0.2) is 40.9 Å². The number of esters is 1. The van der Waals surface area contributed by atoms with Crippen LogP contribution < -0.4 is 5.32 Å². The molecule has 0 amide bonds. The van der Waals surface area contributed by atoms with Gasteiger partial charge in [-0.2, -0.15) is 0 Å². The number of ether oxygens (including phenoxy) is 1. The van der Waals surface area contributed by atoms with Crippen LogP contribution in [0.3, 0.4) is 0 Å². The zero-order chi connectivity index (χ0) is 15.2. The van der Waals surface area contributed by atoms with E-state index in [4.69, 9.17) is 0 Å². The molecule has 1 heterocycles. The number of carbonyl (C=O) groups is 1. The standard InChI is InChI=1S/C16H18BrNO2S/c1-11(14-5-3-4-6-15(14)17)18-10-13-8-7-12(21-13)9-16(19)20-2/h3-8,11,18H,9-10H2,1-2H3. The van der Waals surface area contributed by atoms with Crippen molar-refractivity contribution in [2.75, 3.05) is 7.11 Å². The molecule has 0 radical (unpaired) electrons. The van der Waals surface area contributed by atoms with E-state index < -0.39 is 0 Å². The maximum Gasteiger partial charge on any atom is 0.310 e. The zero-order valence-corrected chi connectivity index (χ0v) is 14.5. The normalized spacial score (nSPS) is 12.1. The Labute approximate surface area is 137 Å². The SMILES string of the molecule is COC(=O)Cc1ccc(CNC(C)c2ccccc2Br)s1. The van der Waals surface area contributed by atoms with E-state index in [9.17, 15) is 4.79 Å². The van der Waals surface area contributed by atoms with Gasteiger partial charge in [-0.05, 0) is 30.7 Å². The number of nitrogens with one attached hydrogen (secondary N) is 1. The van der Waals surface area contributed by atoms with Crippen LogP contribution in [0.2, 0.25) is 0 Å². The quantitative estimate of drug-likeness (QED) is 0.781. The molecule has 0 spiro atoms. The lowest BCUT2D eigenvalue weighted by Gasteiger charge is -2.15. The van der Waals surface area contributed by atoms with Crippen molar-refractivity contribution in [1.29, 1.82) is 0 Å². The molecule has 0 fully saturated rings. The van der Waals surface area contributed by atoms with E-state index in [1.54, 1.807) is 11.3 Å². The first-order chi connectivity index (χ1) is 10.1. The minimum absolute atomic E-state index is 0.196. The van der Waals surface area contributed by atoms with E-state index in [-0.39, 0.29) is 12.0 Å². The van der Waals surface area contributed by atoms with Crippen LogP contribution >= 0.6 is 27.3 Å². The zero-order valence-electron chi connectivity index (χ0n) is 12.1. The van der Waals surface area contributed by atoms with Crippen molar-refractivity contribution in [2.24, 2.45) is 0 Å². The second-order valence-electron chi connectivity index (χ2n) is 4.75. The number of benzene rings is 1. The van der Waals surface area contributed by atoms with Crippen molar-refractivity contribution in [1.82, 2.24) is 5.32 Å². The minimum atomic E-state index is -0.196. The summed E-state index contributed by atoms with van der Waals surface area (Å²) in [5.74, 6) is -0.196. The summed E-state index contributed by atoms with van der Waals surface area (Å²) in [6, 6.07) is 12.5. The van der Waals surface area contributed by atoms with Crippen LogP contribution in [0, 0.1) is 0 Å². The van der Waals surface area contributed by atoms with Gasteiger partial charge >= 0.3 is 5.97 Å². The number of rotatable bonds is 6. The fourth-order valence-corrected chi connectivity index (χ4v) is 3.60. The summed E-state index contributed by atoms with van der Waals surface area (Å²) >= 11 is 5.22. The van der Waals surface area contributed by atoms with E-state index in [0.717, 1.165) is 15.9 Å². The van der Waals surface area contributed by atoms with Crippen molar-refractivity contribution in [3.8, 4) is 0 Å². The van der Waals surface area contributed by atoms with E-state index in [0.29, 0.717) is 6.42 Å². The molecule has 0 saturated carbocycles. The predicted octanol–water partition coefficient (Wildman–Crippen LogP) is 4.08. The van der Waals surface area contributed by atoms with E-state index in [1.807, 2.05) is 24.3 Å². The van der Waals surface area contributed by atoms with Gasteiger partial charge in [-0.1, -0.05) is 34.1 Å². The number of hydrogen-bond acceptors (Lipinski definition) is 4. The first kappa shape index (κ1) is 16.2. The lowest BCUT2D eigenvalue weighted by atomic mass is 10.1. The molecule has 1 aromatic carbocycles. The number of thiophene rings is 1. The topological polar surface area (TPSA) is 38.3 Å². The van der Waals surface area contributed by atoms with Gasteiger partial charge in [0.15, 0.2) is 0 Å². The maximum atomic E-state index is 11.2. The third kappa shape index (κ3) is 4.66. The molecule has 2 aromatic rings. The third-order valence-electron chi connectivity index (χ3n) is 3.22. The summed E-state index contributed by atoms with van der Waals surface area (Å²) in [4.78, 5) is 13.5. The van der Waals surface area contributed by atoms with Crippen molar-refractivity contribution >= 4 is 33.2 Å². The minimum Gasteiger partial charge on any atom is -0.469 e. The summed E-state index contributed by atoms with van der Waals surface area (Å²) in [6.45, 7) is 2.93. The van der Waals surface area contributed by atoms with Crippen LogP contribution in [-0.2, 0) is 22.5 Å². The van der Waals surface area contributed by atoms with Crippen LogP contribution in [0.4, 0.5) is 0 Å². The monoisotopic (exact) mass is 367 g/mol. The molecule has 1 unspecified atom stereocenters. The summed E-state index contributed by atoms with van der Waals surface area (Å²) in [7, 11) is 1.41. The van der Waals surface area contributed by atoms with Gasteiger partial charge < -0.3 is 10.1 Å². The Morgan fingerprint density at radius 3 is 2.71 bits per heavy atom. The fourth-order valence-electron chi connectivity index (χ4n) is 2.02. The molecule has 2 rings (SSSR count). The Balaban J connectivity index is 1.91. The molecule has 112 valence electrons. The molecular weight excluding hydrogens is 350 g/mol. The second-order valence-corrected chi connectivity index (χ2v) is 6.85. The van der Waals surface area contributed by atoms with Crippen molar-refractivity contribution in [3.63, 3.8) is 0 Å². The van der Waals surface area contributed by atoms with E-state index in [2.05, 4.69) is 45.0 Å². The Bertz CT molecular complexity index is 612. The van der Waals surface area contributed by atoms with Crippen molar-refractivity contribution in [3.05, 3.63) is 56.2 Å². The summed E-state index contributed by atoms with van der Waals surface area (Å²) in [6.07, 6.45) is 0.348. The molecule has 5 heteroatoms. The Kier molecular flexibility index (Phi) is 5.96. The molecule has 0 saturated heterocycles. The highest BCUT2D eigenvalue weighted by atomic mass is 79.9. The molecule has 0 aliphatic rings. The fraction of sp³-hybridized carbons (Fsp3) is 0.312. The van der Waals surface area contributed by atoms with Crippen LogP contribution in [0.25, 0.3) is 0 Å². The summed E-state index contributed by atoms with van der Waals surface area (Å²) in [5.41, 5.74) is 1.24. The first-order valence-corrected chi connectivity index (χ1v) is 8.33. The van der Waals surface area contributed by atoms with E-state index >= 15 is 0 Å². The molecule has 0 bridgehead atoms. The summed E-state index contributed by atoms with van der Waals surface area (Å²) < 4.78 is 5.79. The molecule has 3 nitrogen and oxygen atoms in total. The van der Waals surface area contributed by atoms with Crippen molar-refractivity contribution in [2.45, 2.75) is 25.9 Å². The number of carbonyl (C=O) groups excluding carboxylic acids is 1. The number of methoxy groups -OCH3 is 1. The second kappa shape index (κ2) is 7.73. The number of halogens is 1. The van der Waals surface area contributed by atoms with E-state index in [1.165, 1.54) is 17.6 Å². The molecule has 0 aliphatic heterocycles. The molecule has 1 aromatic heterocycles. The lowest BCUT2D eigenvalue weighted by molar-refractivity contribution is -0.139. The van der Waals surface area contributed by atoms with Gasteiger partial charge in [0.25, 0.3) is 0 Å². The predicted molar refractivity (Wildman–Crippen MR) is 89.4 cm³/mol. The van der Waals surface area contributed by atoms with Crippen LogP contribution in [0.5, 0.6) is 0 Å². The van der Waals surface area contributed by atoms with Gasteiger partial charge in [0, 0.05) is 26.8 Å². The Morgan fingerprint density at radius 1 is 1.29 bits per heavy atom. The van der Waals surface area contributed by atoms with Gasteiger partial charge in [-0.3, -0.25) is 4.79 Å². The highest BCUT2D eigenvalue weighted by Gasteiger charge is 2.10. The van der Waals surface area contributed by atoms with Gasteiger partial charge in [-0.25, -0.2) is 0 Å². The average Bonchev–Trinajstić information content (AvgIpc) is 2.92. The number of hydrogen-bond donors (Lipinski definition) is 1. The highest BCUT2D eigenvalue weighted by Crippen LogP contribution is 2.24. The Morgan fingerprint density at radius 2 is 2.00 bits per heavy atom. The molecular formula is C16H18BrNO2S. The van der Waals surface area contributed by atoms with Gasteiger partial charge in [0.1, 0.15) is 0 Å². The molecule has 1 atom stereocenters. The van der Waals surface area contributed by atoms with Crippen molar-refractivity contribution < 1.29 is 9.53 Å². The molecule has 21 heavy (non-hydrogen) atoms. The Hall–Kier alpha value is -1.17. The third-order valence-corrected chi connectivity index (χ3v) is 5.03. The van der Waals surface area contributed by atoms with Gasteiger partial charge in [0.2, 0.25) is 0 Å². The summed E-state index contributed by atoms with van der Waals surface area (Å²) in [5, 5.41) is 3.50. The largest absolute Gasteiger partial charge is 0.469 e. The maximum absolute atomic E-state index is 11.2. The highest BCUT2D eigenvalue weighted by molar-refractivity contribution is 9.10. The first-order valence-electron chi connectivity index (χ1n) is 6.72. The van der Waals surface area contributed by atoms with Crippen LogP contribution in [-0.4, -0.2) is 13.1 Å². The van der Waals surface area contributed by atoms with Gasteiger partial charge in [-0.15, -0.1) is 11.3 Å². The molecule has 0 aliphatic carbocycles. The smallest absolute Gasteiger partial charge is 0.310 e. The molecule has 1 N–H and O–H groups in total.